The number of aromatic nitrogens is 2. The van der Waals surface area contributed by atoms with E-state index < -0.39 is 0 Å². The topological polar surface area (TPSA) is 78.5 Å². The lowest BCUT2D eigenvalue weighted by Gasteiger charge is -2.34. The molecule has 1 aromatic rings. The van der Waals surface area contributed by atoms with Crippen LogP contribution >= 0.6 is 0 Å². The minimum Gasteiger partial charge on any atom is -0.450 e. The molecule has 2 aliphatic rings. The summed E-state index contributed by atoms with van der Waals surface area (Å²) < 4.78 is 5.00. The van der Waals surface area contributed by atoms with Gasteiger partial charge in [0.25, 0.3) is 5.91 Å². The summed E-state index contributed by atoms with van der Waals surface area (Å²) in [4.78, 5) is 27.9. The van der Waals surface area contributed by atoms with Crippen LogP contribution in [0.1, 0.15) is 47.4 Å². The molecule has 0 radical (unpaired) electrons. The average Bonchev–Trinajstić information content (AvgIpc) is 3.30. The van der Waals surface area contributed by atoms with Crippen LogP contribution in [-0.4, -0.2) is 64.8 Å². The number of ether oxygens (including phenoxy) is 1. The SMILES string of the molecule is CCOC(=O)N1CCN(C(=O)c2c(C3CC3)n[nH]c2C)CC1. The summed E-state index contributed by atoms with van der Waals surface area (Å²) in [6, 6.07) is 0. The molecule has 2 heterocycles. The molecule has 1 saturated carbocycles. The molecule has 1 aliphatic carbocycles. The van der Waals surface area contributed by atoms with Crippen LogP contribution in [0.4, 0.5) is 4.79 Å². The first-order valence-electron chi connectivity index (χ1n) is 7.87. The van der Waals surface area contributed by atoms with Crippen molar-refractivity contribution in [3.63, 3.8) is 0 Å². The van der Waals surface area contributed by atoms with E-state index in [0.29, 0.717) is 38.7 Å². The van der Waals surface area contributed by atoms with Crippen LogP contribution < -0.4 is 0 Å². The molecule has 0 unspecified atom stereocenters. The Hall–Kier alpha value is -2.05. The van der Waals surface area contributed by atoms with Gasteiger partial charge in [-0.2, -0.15) is 5.10 Å². The summed E-state index contributed by atoms with van der Waals surface area (Å²) in [6.07, 6.45) is 1.93. The van der Waals surface area contributed by atoms with Crippen LogP contribution in [0.15, 0.2) is 0 Å². The fourth-order valence-corrected chi connectivity index (χ4v) is 2.84. The van der Waals surface area contributed by atoms with Gasteiger partial charge >= 0.3 is 6.09 Å². The number of amides is 2. The molecule has 1 aromatic heterocycles. The molecule has 1 N–H and O–H groups in total. The van der Waals surface area contributed by atoms with Gasteiger partial charge in [-0.05, 0) is 26.7 Å². The van der Waals surface area contributed by atoms with Gasteiger partial charge in [0, 0.05) is 37.8 Å². The molecule has 0 aromatic carbocycles. The van der Waals surface area contributed by atoms with Gasteiger partial charge in [0.05, 0.1) is 17.9 Å². The van der Waals surface area contributed by atoms with E-state index in [1.165, 1.54) is 0 Å². The highest BCUT2D eigenvalue weighted by molar-refractivity contribution is 5.96. The standard InChI is InChI=1S/C15H22N4O3/c1-3-22-15(21)19-8-6-18(7-9-19)14(20)12-10(2)16-17-13(12)11-4-5-11/h11H,3-9H2,1-2H3,(H,16,17). The van der Waals surface area contributed by atoms with E-state index in [-0.39, 0.29) is 12.0 Å². The molecule has 3 rings (SSSR count). The van der Waals surface area contributed by atoms with Crippen LogP contribution in [0.25, 0.3) is 0 Å². The second-order valence-electron chi connectivity index (χ2n) is 5.86. The fourth-order valence-electron chi connectivity index (χ4n) is 2.84. The maximum atomic E-state index is 12.8. The number of carbonyl (C=O) groups excluding carboxylic acids is 2. The van der Waals surface area contributed by atoms with Gasteiger partial charge in [-0.15, -0.1) is 0 Å². The third-order valence-corrected chi connectivity index (χ3v) is 4.25. The zero-order chi connectivity index (χ0) is 15.7. The fraction of sp³-hybridized carbons (Fsp3) is 0.667. The number of nitrogens with zero attached hydrogens (tertiary/aromatic N) is 3. The Morgan fingerprint density at radius 1 is 1.23 bits per heavy atom. The molecule has 7 heteroatoms. The number of hydrogen-bond acceptors (Lipinski definition) is 4. The summed E-state index contributed by atoms with van der Waals surface area (Å²) in [5.74, 6) is 0.460. The molecule has 22 heavy (non-hydrogen) atoms. The van der Waals surface area contributed by atoms with Crippen molar-refractivity contribution in [1.82, 2.24) is 20.0 Å². The van der Waals surface area contributed by atoms with E-state index in [4.69, 9.17) is 4.74 Å². The van der Waals surface area contributed by atoms with Crippen LogP contribution in [-0.2, 0) is 4.74 Å². The molecule has 0 atom stereocenters. The lowest BCUT2D eigenvalue weighted by molar-refractivity contribution is 0.0569. The maximum Gasteiger partial charge on any atom is 0.409 e. The highest BCUT2D eigenvalue weighted by atomic mass is 16.6. The van der Waals surface area contributed by atoms with Crippen LogP contribution in [0.3, 0.4) is 0 Å². The van der Waals surface area contributed by atoms with Gasteiger partial charge in [0.2, 0.25) is 0 Å². The number of nitrogens with one attached hydrogen (secondary N) is 1. The quantitative estimate of drug-likeness (QED) is 0.918. The summed E-state index contributed by atoms with van der Waals surface area (Å²) >= 11 is 0. The monoisotopic (exact) mass is 306 g/mol. The Morgan fingerprint density at radius 2 is 1.86 bits per heavy atom. The van der Waals surface area contributed by atoms with Crippen LogP contribution in [0, 0.1) is 6.92 Å². The highest BCUT2D eigenvalue weighted by Gasteiger charge is 2.34. The smallest absolute Gasteiger partial charge is 0.409 e. The molecule has 2 fully saturated rings. The second-order valence-corrected chi connectivity index (χ2v) is 5.86. The van der Waals surface area contributed by atoms with Crippen molar-refractivity contribution in [3.8, 4) is 0 Å². The Kier molecular flexibility index (Phi) is 4.04. The molecule has 120 valence electrons. The highest BCUT2D eigenvalue weighted by Crippen LogP contribution is 2.41. The van der Waals surface area contributed by atoms with E-state index in [9.17, 15) is 9.59 Å². The van der Waals surface area contributed by atoms with Gasteiger partial charge in [-0.25, -0.2) is 4.79 Å². The second kappa shape index (κ2) is 5.98. The van der Waals surface area contributed by atoms with Gasteiger partial charge in [0.1, 0.15) is 0 Å². The summed E-state index contributed by atoms with van der Waals surface area (Å²) in [6.45, 7) is 6.15. The zero-order valence-electron chi connectivity index (χ0n) is 13.1. The molecule has 7 nitrogen and oxygen atoms in total. The minimum atomic E-state index is -0.298. The first-order chi connectivity index (χ1) is 10.6. The van der Waals surface area contributed by atoms with Crippen molar-refractivity contribution in [2.24, 2.45) is 0 Å². The van der Waals surface area contributed by atoms with E-state index in [2.05, 4.69) is 10.2 Å². The summed E-state index contributed by atoms with van der Waals surface area (Å²) in [7, 11) is 0. The number of aromatic amines is 1. The van der Waals surface area contributed by atoms with Crippen molar-refractivity contribution in [1.29, 1.82) is 0 Å². The van der Waals surface area contributed by atoms with Crippen molar-refractivity contribution in [3.05, 3.63) is 17.0 Å². The molecule has 0 bridgehead atoms. The third-order valence-electron chi connectivity index (χ3n) is 4.25. The van der Waals surface area contributed by atoms with Crippen molar-refractivity contribution < 1.29 is 14.3 Å². The van der Waals surface area contributed by atoms with Gasteiger partial charge < -0.3 is 14.5 Å². The van der Waals surface area contributed by atoms with E-state index in [1.807, 2.05) is 6.92 Å². The van der Waals surface area contributed by atoms with E-state index >= 15 is 0 Å². The van der Waals surface area contributed by atoms with Crippen LogP contribution in [0.5, 0.6) is 0 Å². The van der Waals surface area contributed by atoms with Crippen molar-refractivity contribution >= 4 is 12.0 Å². The first-order valence-corrected chi connectivity index (χ1v) is 7.87. The Balaban J connectivity index is 1.65. The predicted molar refractivity (Wildman–Crippen MR) is 79.8 cm³/mol. The number of carbonyl (C=O) groups is 2. The molecular weight excluding hydrogens is 284 g/mol. The zero-order valence-corrected chi connectivity index (χ0v) is 13.1. The molecular formula is C15H22N4O3. The lowest BCUT2D eigenvalue weighted by Crippen LogP contribution is -2.50. The number of rotatable bonds is 3. The largest absolute Gasteiger partial charge is 0.450 e. The van der Waals surface area contributed by atoms with Gasteiger partial charge in [0.15, 0.2) is 0 Å². The average molecular weight is 306 g/mol. The Bertz CT molecular complexity index is 571. The maximum absolute atomic E-state index is 12.8. The minimum absolute atomic E-state index is 0.0247. The molecule has 1 aliphatic heterocycles. The van der Waals surface area contributed by atoms with E-state index in [0.717, 1.165) is 29.8 Å². The Morgan fingerprint density at radius 3 is 2.45 bits per heavy atom. The summed E-state index contributed by atoms with van der Waals surface area (Å²) in [5, 5.41) is 7.24. The third kappa shape index (κ3) is 2.80. The molecule has 2 amide bonds. The number of H-pyrrole nitrogens is 1. The number of hydrogen-bond donors (Lipinski definition) is 1. The van der Waals surface area contributed by atoms with Gasteiger partial charge in [-0.3, -0.25) is 9.89 Å². The molecule has 0 spiro atoms. The molecule has 1 saturated heterocycles. The van der Waals surface area contributed by atoms with Crippen molar-refractivity contribution in [2.75, 3.05) is 32.8 Å². The van der Waals surface area contributed by atoms with Crippen molar-refractivity contribution in [2.45, 2.75) is 32.6 Å². The summed E-state index contributed by atoms with van der Waals surface area (Å²) in [5.41, 5.74) is 2.47. The number of piperazine rings is 1. The normalized spacial score (nSPS) is 18.5. The first kappa shape index (κ1) is 14.9. The van der Waals surface area contributed by atoms with Crippen LogP contribution in [0.2, 0.25) is 0 Å². The Labute approximate surface area is 129 Å². The van der Waals surface area contributed by atoms with E-state index in [1.54, 1.807) is 16.7 Å². The lowest BCUT2D eigenvalue weighted by atomic mass is 10.1. The predicted octanol–water partition coefficient (Wildman–Crippen LogP) is 1.51. The van der Waals surface area contributed by atoms with Gasteiger partial charge in [-0.1, -0.05) is 0 Å². The number of aryl methyl sites for hydroxylation is 1.